The van der Waals surface area contributed by atoms with Gasteiger partial charge in [0.2, 0.25) is 12.3 Å². The zero-order valence-corrected chi connectivity index (χ0v) is 25.3. The molecule has 0 spiro atoms. The van der Waals surface area contributed by atoms with Crippen molar-refractivity contribution in [2.45, 2.75) is 52.0 Å². The Balaban J connectivity index is 1.60. The molecule has 44 heavy (non-hydrogen) atoms. The minimum Gasteiger partial charge on any atom is -0.383 e. The van der Waals surface area contributed by atoms with E-state index in [1.54, 1.807) is 21.9 Å². The van der Waals surface area contributed by atoms with Crippen LogP contribution in [0.15, 0.2) is 60.1 Å². The zero-order chi connectivity index (χ0) is 31.3. The van der Waals surface area contributed by atoms with E-state index < -0.39 is 18.0 Å². The first kappa shape index (κ1) is 29.6. The summed E-state index contributed by atoms with van der Waals surface area (Å²) in [5, 5.41) is 18.5. The van der Waals surface area contributed by atoms with Crippen LogP contribution in [-0.4, -0.2) is 76.2 Å². The van der Waals surface area contributed by atoms with Crippen molar-refractivity contribution in [3.8, 4) is 11.3 Å². The molecule has 2 aromatic carbocycles. The number of hydrogen-bond donors (Lipinski definition) is 3. The number of hydrogen-bond acceptors (Lipinski definition) is 8. The molecule has 1 saturated heterocycles. The fourth-order valence-electron chi connectivity index (χ4n) is 6.39. The van der Waals surface area contributed by atoms with Gasteiger partial charge in [0.15, 0.2) is 5.82 Å². The number of carbonyl (C=O) groups excluding carboxylic acids is 1. The molecule has 1 unspecified atom stereocenters. The number of anilines is 4. The van der Waals surface area contributed by atoms with E-state index in [0.717, 1.165) is 11.3 Å². The quantitative estimate of drug-likeness (QED) is 0.345. The molecule has 3 aliphatic rings. The van der Waals surface area contributed by atoms with Gasteiger partial charge in [0.05, 0.1) is 22.5 Å². The molecule has 3 atom stereocenters. The van der Waals surface area contributed by atoms with Crippen molar-refractivity contribution >= 4 is 34.6 Å². The largest absolute Gasteiger partial charge is 0.383 e. The second-order valence-electron chi connectivity index (χ2n) is 11.8. The summed E-state index contributed by atoms with van der Waals surface area (Å²) in [6.07, 6.45) is -0.118. The Morgan fingerprint density at radius 3 is 2.48 bits per heavy atom. The first-order valence-electron chi connectivity index (χ1n) is 15.0. The lowest BCUT2D eigenvalue weighted by atomic mass is 9.97. The number of pyridine rings is 1. The zero-order valence-electron chi connectivity index (χ0n) is 25.3. The third kappa shape index (κ3) is 4.94. The van der Waals surface area contributed by atoms with Crippen molar-refractivity contribution in [1.82, 2.24) is 14.8 Å². The smallest absolute Gasteiger partial charge is 0.246 e. The summed E-state index contributed by atoms with van der Waals surface area (Å²) >= 11 is 0. The lowest BCUT2D eigenvalue weighted by molar-refractivity contribution is -0.130. The number of benzene rings is 2. The highest BCUT2D eigenvalue weighted by molar-refractivity contribution is 6.06. The third-order valence-corrected chi connectivity index (χ3v) is 8.55. The number of amidine groups is 1. The van der Waals surface area contributed by atoms with E-state index in [0.29, 0.717) is 49.0 Å². The van der Waals surface area contributed by atoms with Gasteiger partial charge in [-0.1, -0.05) is 38.6 Å². The Labute approximate surface area is 255 Å². The molecular formula is C33H37F2N7O2. The number of para-hydroxylation sites is 1. The normalized spacial score (nSPS) is 21.2. The van der Waals surface area contributed by atoms with E-state index >= 15 is 8.78 Å². The maximum Gasteiger partial charge on any atom is 0.246 e. The number of aliphatic hydroxyl groups excluding tert-OH is 1. The van der Waals surface area contributed by atoms with Crippen LogP contribution >= 0.6 is 0 Å². The van der Waals surface area contributed by atoms with Crippen molar-refractivity contribution in [2.24, 2.45) is 4.99 Å². The Kier molecular flexibility index (Phi) is 7.75. The number of fused-ring (bicyclic) bond motifs is 5. The van der Waals surface area contributed by atoms with Gasteiger partial charge in [0.25, 0.3) is 0 Å². The van der Waals surface area contributed by atoms with E-state index in [1.165, 1.54) is 18.2 Å². The van der Waals surface area contributed by atoms with Crippen molar-refractivity contribution in [1.29, 1.82) is 0 Å². The van der Waals surface area contributed by atoms with Gasteiger partial charge in [0, 0.05) is 44.0 Å². The molecule has 3 aliphatic heterocycles. The fraction of sp³-hybridized carbons (Fsp3) is 0.364. The maximum atomic E-state index is 16.2. The van der Waals surface area contributed by atoms with Gasteiger partial charge < -0.3 is 25.5 Å². The van der Waals surface area contributed by atoms with Gasteiger partial charge in [-0.3, -0.25) is 9.69 Å². The highest BCUT2D eigenvalue weighted by Crippen LogP contribution is 2.45. The molecule has 0 saturated carbocycles. The maximum absolute atomic E-state index is 16.2. The average Bonchev–Trinajstić information content (AvgIpc) is 2.99. The molecule has 3 aromatic rings. The monoisotopic (exact) mass is 601 g/mol. The highest BCUT2D eigenvalue weighted by Gasteiger charge is 2.40. The fourth-order valence-corrected chi connectivity index (χ4v) is 6.39. The van der Waals surface area contributed by atoms with E-state index in [2.05, 4.69) is 31.1 Å². The van der Waals surface area contributed by atoms with Crippen LogP contribution in [0.4, 0.5) is 31.7 Å². The minimum absolute atomic E-state index is 0.0165. The molecule has 4 heterocycles. The first-order valence-corrected chi connectivity index (χ1v) is 15.0. The van der Waals surface area contributed by atoms with E-state index in [4.69, 9.17) is 9.98 Å². The summed E-state index contributed by atoms with van der Waals surface area (Å²) in [6.45, 7) is 13.3. The van der Waals surface area contributed by atoms with Crippen LogP contribution in [0.5, 0.6) is 0 Å². The lowest BCUT2D eigenvalue weighted by Crippen LogP contribution is -2.60. The lowest BCUT2D eigenvalue weighted by Gasteiger charge is -2.47. The molecule has 3 N–H and O–H groups in total. The van der Waals surface area contributed by atoms with Crippen LogP contribution < -0.4 is 15.5 Å². The summed E-state index contributed by atoms with van der Waals surface area (Å²) in [5.74, 6) is -0.809. The number of aliphatic imine (C=N–C) groups is 1. The van der Waals surface area contributed by atoms with Crippen LogP contribution in [0, 0.1) is 11.6 Å². The second kappa shape index (κ2) is 11.5. The van der Waals surface area contributed by atoms with Gasteiger partial charge in [-0.15, -0.1) is 0 Å². The van der Waals surface area contributed by atoms with Crippen molar-refractivity contribution in [3.63, 3.8) is 0 Å². The van der Waals surface area contributed by atoms with Gasteiger partial charge in [-0.2, -0.15) is 0 Å². The molecule has 1 aromatic heterocycles. The number of aliphatic hydroxyl groups is 1. The van der Waals surface area contributed by atoms with Crippen LogP contribution in [-0.2, 0) is 4.79 Å². The Bertz CT molecular complexity index is 1660. The summed E-state index contributed by atoms with van der Waals surface area (Å²) in [5.41, 5.74) is 2.99. The molecule has 9 nitrogen and oxygen atoms in total. The minimum atomic E-state index is -1.42. The van der Waals surface area contributed by atoms with Crippen molar-refractivity contribution in [3.05, 3.63) is 77.9 Å². The van der Waals surface area contributed by atoms with Crippen molar-refractivity contribution in [2.75, 3.05) is 41.7 Å². The molecule has 2 bridgehead atoms. The molecule has 1 amide bonds. The first-order chi connectivity index (χ1) is 21.1. The Hall–Kier alpha value is -4.51. The topological polar surface area (TPSA) is 96.3 Å². The van der Waals surface area contributed by atoms with Crippen LogP contribution in [0.1, 0.15) is 44.7 Å². The number of amides is 1. The number of nitrogens with one attached hydrogen (secondary N) is 2. The van der Waals surface area contributed by atoms with Crippen LogP contribution in [0.25, 0.3) is 11.3 Å². The summed E-state index contributed by atoms with van der Waals surface area (Å²) in [6, 6.07) is 11.3. The van der Waals surface area contributed by atoms with E-state index in [-0.39, 0.29) is 41.0 Å². The average molecular weight is 602 g/mol. The Morgan fingerprint density at radius 2 is 1.75 bits per heavy atom. The van der Waals surface area contributed by atoms with Gasteiger partial charge >= 0.3 is 0 Å². The number of carbonyl (C=O) groups is 1. The molecule has 0 aliphatic carbocycles. The van der Waals surface area contributed by atoms with E-state index in [1.807, 2.05) is 36.9 Å². The van der Waals surface area contributed by atoms with E-state index in [9.17, 15) is 9.90 Å². The van der Waals surface area contributed by atoms with Crippen LogP contribution in [0.2, 0.25) is 0 Å². The van der Waals surface area contributed by atoms with Crippen molar-refractivity contribution < 1.29 is 18.7 Å². The predicted molar refractivity (Wildman–Crippen MR) is 169 cm³/mol. The standard InChI is InChI=1S/C33H37F2N7O2/c1-6-27(43)40-16-20(5)41(17-19(40)4)31-22-15-24(35)29-28-23(34)10-8-11-25(28)36-13-14-37-26-12-7-9-21(18(2)3)30(26)42(32(22)38-29)33(44)39-31/h6-12,15,18-20,33,36-37,44H,1,13-14,16-17H2,2-5H3/t19-,20+,33?/m1/s1. The van der Waals surface area contributed by atoms with Gasteiger partial charge in [-0.05, 0) is 55.7 Å². The molecule has 230 valence electrons. The predicted octanol–water partition coefficient (Wildman–Crippen LogP) is 5.27. The number of halogens is 2. The second-order valence-corrected chi connectivity index (χ2v) is 11.8. The summed E-state index contributed by atoms with van der Waals surface area (Å²) < 4.78 is 31.7. The third-order valence-electron chi connectivity index (χ3n) is 8.55. The van der Waals surface area contributed by atoms with Crippen LogP contribution in [0.3, 0.4) is 0 Å². The Morgan fingerprint density at radius 1 is 1.05 bits per heavy atom. The molecule has 11 heteroatoms. The number of rotatable bonds is 2. The van der Waals surface area contributed by atoms with Gasteiger partial charge in [-0.25, -0.2) is 18.8 Å². The number of nitrogens with zero attached hydrogens (tertiary/aromatic N) is 5. The van der Waals surface area contributed by atoms with Gasteiger partial charge in [0.1, 0.15) is 23.2 Å². The summed E-state index contributed by atoms with van der Waals surface area (Å²) in [7, 11) is 0. The number of piperazine rings is 1. The SMILES string of the molecule is C=CC(=O)N1C[C@H](C)N(C2=NC(O)N3c4nc(c(F)cc42)-c2c(F)cccc2NCCNc2cccc(C(C)C)c23)C[C@H]1C. The summed E-state index contributed by atoms with van der Waals surface area (Å²) in [4.78, 5) is 27.4. The molecular weight excluding hydrogens is 564 g/mol. The number of aromatic nitrogens is 1. The highest BCUT2D eigenvalue weighted by atomic mass is 19.1. The molecule has 1 fully saturated rings. The molecule has 6 rings (SSSR count). The molecule has 0 radical (unpaired) electrons.